The first-order valence-corrected chi connectivity index (χ1v) is 6.26. The Bertz CT molecular complexity index is 602. The summed E-state index contributed by atoms with van der Waals surface area (Å²) < 4.78 is 0. The number of fused-ring (bicyclic) bond motifs is 3. The third kappa shape index (κ3) is 1.58. The molecule has 0 atom stereocenters. The lowest BCUT2D eigenvalue weighted by molar-refractivity contribution is 0.514. The van der Waals surface area contributed by atoms with E-state index in [1.807, 2.05) is 7.05 Å². The van der Waals surface area contributed by atoms with Crippen LogP contribution in [0.25, 0.3) is 11.3 Å². The van der Waals surface area contributed by atoms with Crippen LogP contribution in [0, 0.1) is 0 Å². The Labute approximate surface area is 107 Å². The van der Waals surface area contributed by atoms with Crippen molar-refractivity contribution in [1.82, 2.24) is 10.2 Å². The maximum atomic E-state index is 4.38. The smallest absolute Gasteiger partial charge is 0.148 e. The highest BCUT2D eigenvalue weighted by Crippen LogP contribution is 2.41. The van der Waals surface area contributed by atoms with Gasteiger partial charge in [0.15, 0.2) is 0 Å². The molecule has 18 heavy (non-hydrogen) atoms. The molecule has 0 radical (unpaired) electrons. The summed E-state index contributed by atoms with van der Waals surface area (Å²) in [6, 6.07) is 10.6. The van der Waals surface area contributed by atoms with E-state index < -0.39 is 0 Å². The molecular formula is C15H17N3. The van der Waals surface area contributed by atoms with Crippen LogP contribution in [0.5, 0.6) is 0 Å². The summed E-state index contributed by atoms with van der Waals surface area (Å²) in [4.78, 5) is 0. The molecule has 0 amide bonds. The van der Waals surface area contributed by atoms with E-state index in [0.29, 0.717) is 0 Å². The molecule has 2 aromatic rings. The van der Waals surface area contributed by atoms with Gasteiger partial charge in [0.25, 0.3) is 0 Å². The van der Waals surface area contributed by atoms with Crippen LogP contribution in [0.2, 0.25) is 0 Å². The second kappa shape index (κ2) is 3.80. The number of aromatic nitrogens is 2. The van der Waals surface area contributed by atoms with Crippen LogP contribution in [-0.4, -0.2) is 17.2 Å². The third-order valence-electron chi connectivity index (χ3n) is 3.67. The topological polar surface area (TPSA) is 37.8 Å². The number of anilines is 1. The van der Waals surface area contributed by atoms with Gasteiger partial charge in [-0.15, -0.1) is 10.2 Å². The van der Waals surface area contributed by atoms with Gasteiger partial charge in [0.05, 0.1) is 5.69 Å². The maximum absolute atomic E-state index is 4.38. The van der Waals surface area contributed by atoms with Gasteiger partial charge < -0.3 is 5.32 Å². The quantitative estimate of drug-likeness (QED) is 0.831. The normalized spacial score (nSPS) is 15.7. The molecule has 92 valence electrons. The predicted octanol–water partition coefficient (Wildman–Crippen LogP) is 3.02. The van der Waals surface area contributed by atoms with Crippen LogP contribution >= 0.6 is 0 Å². The van der Waals surface area contributed by atoms with Gasteiger partial charge in [0.1, 0.15) is 5.82 Å². The molecule has 3 nitrogen and oxygen atoms in total. The minimum Gasteiger partial charge on any atom is -0.372 e. The van der Waals surface area contributed by atoms with Crippen molar-refractivity contribution in [2.75, 3.05) is 12.4 Å². The Balaban J connectivity index is 2.25. The van der Waals surface area contributed by atoms with E-state index in [0.717, 1.165) is 17.9 Å². The summed E-state index contributed by atoms with van der Waals surface area (Å²) >= 11 is 0. The Kier molecular flexibility index (Phi) is 2.37. The average Bonchev–Trinajstić information content (AvgIpc) is 2.38. The average molecular weight is 239 g/mol. The zero-order valence-corrected chi connectivity index (χ0v) is 11.0. The number of hydrogen-bond acceptors (Lipinski definition) is 3. The third-order valence-corrected chi connectivity index (χ3v) is 3.67. The molecule has 0 unspecified atom stereocenters. The van der Waals surface area contributed by atoms with Crippen molar-refractivity contribution in [2.24, 2.45) is 0 Å². The van der Waals surface area contributed by atoms with Crippen LogP contribution in [0.15, 0.2) is 30.3 Å². The first kappa shape index (κ1) is 11.2. The fraction of sp³-hybridized carbons (Fsp3) is 0.333. The van der Waals surface area contributed by atoms with Gasteiger partial charge in [-0.2, -0.15) is 0 Å². The minimum absolute atomic E-state index is 0.150. The molecule has 3 rings (SSSR count). The van der Waals surface area contributed by atoms with Crippen molar-refractivity contribution in [3.63, 3.8) is 0 Å². The molecule has 1 N–H and O–H groups in total. The highest BCUT2D eigenvalue weighted by Gasteiger charge is 2.31. The van der Waals surface area contributed by atoms with Gasteiger partial charge in [-0.05, 0) is 29.0 Å². The van der Waals surface area contributed by atoms with E-state index in [-0.39, 0.29) is 5.41 Å². The molecule has 1 aliphatic rings. The molecule has 3 heteroatoms. The van der Waals surface area contributed by atoms with E-state index in [1.54, 1.807) is 0 Å². The summed E-state index contributed by atoms with van der Waals surface area (Å²) in [6.45, 7) is 4.57. The summed E-state index contributed by atoms with van der Waals surface area (Å²) in [6.07, 6.45) is 1.00. The Morgan fingerprint density at radius 2 is 1.94 bits per heavy atom. The van der Waals surface area contributed by atoms with Gasteiger partial charge >= 0.3 is 0 Å². The lowest BCUT2D eigenvalue weighted by atomic mass is 9.72. The van der Waals surface area contributed by atoms with Gasteiger partial charge in [0, 0.05) is 12.6 Å². The lowest BCUT2D eigenvalue weighted by Crippen LogP contribution is -2.26. The molecular weight excluding hydrogens is 222 g/mol. The Morgan fingerprint density at radius 1 is 1.17 bits per heavy atom. The lowest BCUT2D eigenvalue weighted by Gasteiger charge is -2.33. The molecule has 0 spiro atoms. The van der Waals surface area contributed by atoms with Gasteiger partial charge in [-0.3, -0.25) is 0 Å². The van der Waals surface area contributed by atoms with E-state index in [9.17, 15) is 0 Å². The number of rotatable bonds is 1. The zero-order valence-electron chi connectivity index (χ0n) is 11.0. The predicted molar refractivity (Wildman–Crippen MR) is 73.7 cm³/mol. The monoisotopic (exact) mass is 239 g/mol. The first-order valence-electron chi connectivity index (χ1n) is 6.26. The van der Waals surface area contributed by atoms with Crippen molar-refractivity contribution in [2.45, 2.75) is 25.7 Å². The number of hydrogen-bond donors (Lipinski definition) is 1. The molecule has 1 aromatic carbocycles. The van der Waals surface area contributed by atoms with Crippen molar-refractivity contribution in [3.8, 4) is 11.3 Å². The summed E-state index contributed by atoms with van der Waals surface area (Å²) in [5.74, 6) is 0.837. The van der Waals surface area contributed by atoms with Crippen LogP contribution in [0.4, 0.5) is 5.82 Å². The van der Waals surface area contributed by atoms with Crippen LogP contribution in [0.3, 0.4) is 0 Å². The van der Waals surface area contributed by atoms with Crippen molar-refractivity contribution in [1.29, 1.82) is 0 Å². The standard InChI is InChI=1S/C15H17N3/c1-15(2)9-10-8-13(16-3)17-18-14(10)11-6-4-5-7-12(11)15/h4-8H,9H2,1-3H3,(H,16,17). The molecule has 1 heterocycles. The zero-order chi connectivity index (χ0) is 12.8. The fourth-order valence-corrected chi connectivity index (χ4v) is 2.77. The Morgan fingerprint density at radius 3 is 2.72 bits per heavy atom. The SMILES string of the molecule is CNc1cc2c(nn1)-c1ccccc1C(C)(C)C2. The number of nitrogens with zero attached hydrogens (tertiary/aromatic N) is 2. The minimum atomic E-state index is 0.150. The fourth-order valence-electron chi connectivity index (χ4n) is 2.77. The molecule has 0 fully saturated rings. The van der Waals surface area contributed by atoms with Gasteiger partial charge in [-0.25, -0.2) is 0 Å². The number of benzene rings is 1. The van der Waals surface area contributed by atoms with E-state index in [2.05, 4.69) is 59.7 Å². The summed E-state index contributed by atoms with van der Waals surface area (Å²) in [5.41, 5.74) is 5.04. The van der Waals surface area contributed by atoms with Crippen molar-refractivity contribution < 1.29 is 0 Å². The summed E-state index contributed by atoms with van der Waals surface area (Å²) in [5, 5.41) is 11.6. The van der Waals surface area contributed by atoms with Crippen molar-refractivity contribution in [3.05, 3.63) is 41.5 Å². The second-order valence-corrected chi connectivity index (χ2v) is 5.46. The van der Waals surface area contributed by atoms with E-state index >= 15 is 0 Å². The Hall–Kier alpha value is -1.90. The highest BCUT2D eigenvalue weighted by atomic mass is 15.2. The number of nitrogens with one attached hydrogen (secondary N) is 1. The molecule has 1 aromatic heterocycles. The second-order valence-electron chi connectivity index (χ2n) is 5.46. The first-order chi connectivity index (χ1) is 8.62. The summed E-state index contributed by atoms with van der Waals surface area (Å²) in [7, 11) is 1.87. The highest BCUT2D eigenvalue weighted by molar-refractivity contribution is 5.72. The molecule has 0 saturated heterocycles. The van der Waals surface area contributed by atoms with Crippen molar-refractivity contribution >= 4 is 5.82 Å². The van der Waals surface area contributed by atoms with E-state index in [4.69, 9.17) is 0 Å². The van der Waals surface area contributed by atoms with E-state index in [1.165, 1.54) is 16.7 Å². The molecule has 0 saturated carbocycles. The maximum Gasteiger partial charge on any atom is 0.148 e. The van der Waals surface area contributed by atoms with Crippen LogP contribution in [0.1, 0.15) is 25.0 Å². The molecule has 1 aliphatic carbocycles. The molecule has 0 aliphatic heterocycles. The van der Waals surface area contributed by atoms with Crippen LogP contribution in [-0.2, 0) is 11.8 Å². The van der Waals surface area contributed by atoms with Gasteiger partial charge in [-0.1, -0.05) is 38.1 Å². The largest absolute Gasteiger partial charge is 0.372 e. The molecule has 0 bridgehead atoms. The van der Waals surface area contributed by atoms with Crippen LogP contribution < -0.4 is 5.32 Å². The van der Waals surface area contributed by atoms with Gasteiger partial charge in [0.2, 0.25) is 0 Å².